The number of rotatable bonds is 4. The average Bonchev–Trinajstić information content (AvgIpc) is 2.40. The van der Waals surface area contributed by atoms with Gasteiger partial charge in [0.15, 0.2) is 0 Å². The second-order valence-electron chi connectivity index (χ2n) is 6.65. The Morgan fingerprint density at radius 3 is 2.26 bits per heavy atom. The molecule has 1 aliphatic heterocycles. The first-order chi connectivity index (χ1) is 9.06. The monoisotopic (exact) mass is 262 g/mol. The van der Waals surface area contributed by atoms with E-state index in [0.29, 0.717) is 5.92 Å². The van der Waals surface area contributed by atoms with Crippen LogP contribution in [0.2, 0.25) is 0 Å². The lowest BCUT2D eigenvalue weighted by Gasteiger charge is -2.30. The molecule has 0 spiro atoms. The maximum Gasteiger partial charge on any atom is 0.103 e. The molecule has 106 valence electrons. The lowest BCUT2D eigenvalue weighted by Crippen LogP contribution is -3.17. The van der Waals surface area contributed by atoms with Gasteiger partial charge in [-0.15, -0.1) is 0 Å². The Morgan fingerprint density at radius 1 is 1.16 bits per heavy atom. The molecule has 1 saturated heterocycles. The number of nitrogens with one attached hydrogen (secondary N) is 2. The predicted molar refractivity (Wildman–Crippen MR) is 80.8 cm³/mol. The molecule has 1 fully saturated rings. The van der Waals surface area contributed by atoms with Crippen molar-refractivity contribution in [2.24, 2.45) is 0 Å². The molecular weight excluding hydrogens is 232 g/mol. The van der Waals surface area contributed by atoms with Gasteiger partial charge in [-0.05, 0) is 11.5 Å². The zero-order valence-electron chi connectivity index (χ0n) is 13.0. The van der Waals surface area contributed by atoms with E-state index in [1.165, 1.54) is 43.6 Å². The molecule has 2 heteroatoms. The minimum absolute atomic E-state index is 0.635. The van der Waals surface area contributed by atoms with Crippen LogP contribution in [-0.2, 0) is 6.54 Å². The van der Waals surface area contributed by atoms with Crippen molar-refractivity contribution in [3.05, 3.63) is 35.4 Å². The normalized spacial score (nSPS) is 25.5. The Bertz CT molecular complexity index is 375. The molecule has 1 atom stereocenters. The van der Waals surface area contributed by atoms with E-state index >= 15 is 0 Å². The molecule has 0 aromatic heterocycles. The minimum atomic E-state index is 0.635. The van der Waals surface area contributed by atoms with Crippen LogP contribution in [0.15, 0.2) is 24.3 Å². The van der Waals surface area contributed by atoms with Crippen LogP contribution in [0.3, 0.4) is 0 Å². The summed E-state index contributed by atoms with van der Waals surface area (Å²) in [7, 11) is 4.68. The van der Waals surface area contributed by atoms with Crippen LogP contribution in [0, 0.1) is 0 Å². The van der Waals surface area contributed by atoms with Crippen molar-refractivity contribution in [2.45, 2.75) is 45.2 Å². The molecule has 1 aliphatic rings. The largest absolute Gasteiger partial charge is 0.337 e. The van der Waals surface area contributed by atoms with E-state index in [0.717, 1.165) is 6.04 Å². The van der Waals surface area contributed by atoms with Crippen LogP contribution in [0.1, 0.15) is 43.7 Å². The van der Waals surface area contributed by atoms with Gasteiger partial charge in [-0.2, -0.15) is 0 Å². The van der Waals surface area contributed by atoms with Gasteiger partial charge in [0.05, 0.1) is 33.2 Å². The van der Waals surface area contributed by atoms with Gasteiger partial charge < -0.3 is 9.80 Å². The van der Waals surface area contributed by atoms with Crippen LogP contribution in [0.5, 0.6) is 0 Å². The van der Waals surface area contributed by atoms with E-state index in [-0.39, 0.29) is 0 Å². The fraction of sp³-hybridized carbons (Fsp3) is 0.647. The standard InChI is InChI=1S/C17H28N2/c1-14(2)16-7-5-15(6-8-16)13-19(4)17-9-11-18(3)12-10-17/h5-8,14,17H,9-13H2,1-4H3/p+2. The molecule has 0 amide bonds. The smallest absolute Gasteiger partial charge is 0.103 e. The molecule has 1 aromatic carbocycles. The molecule has 2 rings (SSSR count). The first-order valence-corrected chi connectivity index (χ1v) is 7.78. The predicted octanol–water partition coefficient (Wildman–Crippen LogP) is 0.502. The highest BCUT2D eigenvalue weighted by Crippen LogP contribution is 2.14. The zero-order chi connectivity index (χ0) is 13.8. The molecule has 1 aromatic rings. The Kier molecular flexibility index (Phi) is 5.00. The van der Waals surface area contributed by atoms with E-state index in [1.807, 2.05) is 0 Å². The Hall–Kier alpha value is -0.860. The lowest BCUT2D eigenvalue weighted by atomic mass is 10.0. The molecule has 2 N–H and O–H groups in total. The van der Waals surface area contributed by atoms with Crippen molar-refractivity contribution in [3.8, 4) is 0 Å². The van der Waals surface area contributed by atoms with Gasteiger partial charge >= 0.3 is 0 Å². The van der Waals surface area contributed by atoms with Gasteiger partial charge in [0.2, 0.25) is 0 Å². The number of piperidine rings is 1. The maximum absolute atomic E-state index is 2.36. The van der Waals surface area contributed by atoms with Crippen LogP contribution in [0.25, 0.3) is 0 Å². The summed E-state index contributed by atoms with van der Waals surface area (Å²) in [5, 5.41) is 0. The van der Waals surface area contributed by atoms with E-state index in [9.17, 15) is 0 Å². The Balaban J connectivity index is 1.89. The third-order valence-corrected chi connectivity index (χ3v) is 4.67. The summed E-state index contributed by atoms with van der Waals surface area (Å²) >= 11 is 0. The number of benzene rings is 1. The van der Waals surface area contributed by atoms with Crippen LogP contribution in [0.4, 0.5) is 0 Å². The summed E-state index contributed by atoms with van der Waals surface area (Å²) in [6.07, 6.45) is 2.75. The quantitative estimate of drug-likeness (QED) is 0.782. The third kappa shape index (κ3) is 4.05. The van der Waals surface area contributed by atoms with E-state index in [2.05, 4.69) is 52.2 Å². The summed E-state index contributed by atoms with van der Waals surface area (Å²) in [6, 6.07) is 10.1. The number of hydrogen-bond donors (Lipinski definition) is 2. The van der Waals surface area contributed by atoms with Gasteiger partial charge in [-0.1, -0.05) is 38.1 Å². The maximum atomic E-state index is 2.36. The first-order valence-electron chi connectivity index (χ1n) is 7.78. The van der Waals surface area contributed by atoms with Gasteiger partial charge in [0, 0.05) is 18.4 Å². The van der Waals surface area contributed by atoms with Crippen LogP contribution >= 0.6 is 0 Å². The molecule has 0 saturated carbocycles. The molecule has 0 radical (unpaired) electrons. The summed E-state index contributed by atoms with van der Waals surface area (Å²) in [5.74, 6) is 0.635. The fourth-order valence-electron chi connectivity index (χ4n) is 3.09. The zero-order valence-corrected chi connectivity index (χ0v) is 13.0. The number of hydrogen-bond acceptors (Lipinski definition) is 0. The summed E-state index contributed by atoms with van der Waals surface area (Å²) < 4.78 is 0. The summed E-state index contributed by atoms with van der Waals surface area (Å²) in [5.41, 5.74) is 2.93. The average molecular weight is 262 g/mol. The SMILES string of the molecule is CC(C)c1ccc(C[NH+](C)C2CC[NH+](C)CC2)cc1. The topological polar surface area (TPSA) is 8.88 Å². The third-order valence-electron chi connectivity index (χ3n) is 4.67. The summed E-state index contributed by atoms with van der Waals surface area (Å²) in [6.45, 7) is 8.37. The van der Waals surface area contributed by atoms with E-state index in [1.54, 1.807) is 9.80 Å². The molecule has 19 heavy (non-hydrogen) atoms. The minimum Gasteiger partial charge on any atom is -0.337 e. The lowest BCUT2D eigenvalue weighted by molar-refractivity contribution is -0.948. The number of quaternary nitrogens is 2. The summed E-state index contributed by atoms with van der Waals surface area (Å²) in [4.78, 5) is 3.38. The number of likely N-dealkylation sites (tertiary alicyclic amines) is 1. The molecule has 0 aliphatic carbocycles. The molecule has 0 bridgehead atoms. The van der Waals surface area contributed by atoms with Crippen molar-refractivity contribution in [3.63, 3.8) is 0 Å². The second-order valence-corrected chi connectivity index (χ2v) is 6.65. The highest BCUT2D eigenvalue weighted by atomic mass is 15.2. The van der Waals surface area contributed by atoms with Crippen LogP contribution < -0.4 is 9.80 Å². The highest BCUT2D eigenvalue weighted by molar-refractivity contribution is 5.24. The highest BCUT2D eigenvalue weighted by Gasteiger charge is 2.25. The second kappa shape index (κ2) is 6.53. The van der Waals surface area contributed by atoms with Crippen molar-refractivity contribution in [2.75, 3.05) is 27.2 Å². The van der Waals surface area contributed by atoms with E-state index < -0.39 is 0 Å². The first kappa shape index (κ1) is 14.5. The van der Waals surface area contributed by atoms with Gasteiger partial charge in [-0.3, -0.25) is 0 Å². The Labute approximate surface area is 118 Å². The van der Waals surface area contributed by atoms with Gasteiger partial charge in [0.25, 0.3) is 0 Å². The van der Waals surface area contributed by atoms with Gasteiger partial charge in [0.1, 0.15) is 6.54 Å². The van der Waals surface area contributed by atoms with Crippen molar-refractivity contribution in [1.82, 2.24) is 0 Å². The van der Waals surface area contributed by atoms with Crippen molar-refractivity contribution in [1.29, 1.82) is 0 Å². The van der Waals surface area contributed by atoms with Crippen LogP contribution in [-0.4, -0.2) is 33.2 Å². The molecular formula is C17H30N2+2. The molecule has 1 heterocycles. The van der Waals surface area contributed by atoms with E-state index in [4.69, 9.17) is 0 Å². The Morgan fingerprint density at radius 2 is 1.74 bits per heavy atom. The van der Waals surface area contributed by atoms with Gasteiger partial charge in [-0.25, -0.2) is 0 Å². The fourth-order valence-corrected chi connectivity index (χ4v) is 3.09. The molecule has 1 unspecified atom stereocenters. The molecule has 2 nitrogen and oxygen atoms in total. The van der Waals surface area contributed by atoms with Crippen molar-refractivity contribution < 1.29 is 9.80 Å². The van der Waals surface area contributed by atoms with Crippen molar-refractivity contribution >= 4 is 0 Å².